The lowest BCUT2D eigenvalue weighted by molar-refractivity contribution is -0.261. The van der Waals surface area contributed by atoms with Gasteiger partial charge in [0.2, 0.25) is 0 Å². The van der Waals surface area contributed by atoms with Crippen LogP contribution in [0, 0.1) is 39.4 Å². The molecule has 5 fully saturated rings. The molecule has 42 heavy (non-hydrogen) atoms. The molecule has 0 heterocycles. The number of carbonyl (C=O) groups is 3. The van der Waals surface area contributed by atoms with Crippen molar-refractivity contribution in [3.63, 3.8) is 0 Å². The molecule has 0 aliphatic heterocycles. The molecule has 1 N–H and O–H groups in total. The molecule has 8 atom stereocenters. The lowest BCUT2D eigenvalue weighted by Gasteiger charge is -2.71. The third-order valence-corrected chi connectivity index (χ3v) is 13.0. The molecular formula is C38H48O4. The Morgan fingerprint density at radius 2 is 1.43 bits per heavy atom. The molecule has 7 rings (SSSR count). The number of benzene rings is 1. The SMILES string of the molecule is CC(C)=CCC1C[C@]23C[C@@H]4C(C)(C)c5ccccc5C(=O)[C@]45C(=O)C(CC=C(C)C)(C2=O)C(CC=C(C)C)C1(C)[C@@]35O. The van der Waals surface area contributed by atoms with Crippen molar-refractivity contribution in [3.8, 4) is 0 Å². The van der Waals surface area contributed by atoms with Gasteiger partial charge >= 0.3 is 0 Å². The van der Waals surface area contributed by atoms with E-state index in [1.807, 2.05) is 58.0 Å². The highest BCUT2D eigenvalue weighted by Crippen LogP contribution is 2.89. The van der Waals surface area contributed by atoms with Gasteiger partial charge in [-0.3, -0.25) is 14.4 Å². The maximum atomic E-state index is 15.7. The maximum Gasteiger partial charge on any atom is 0.180 e. The second-order valence-electron chi connectivity index (χ2n) is 15.8. The number of rotatable bonds is 6. The van der Waals surface area contributed by atoms with Crippen molar-refractivity contribution in [2.75, 3.05) is 0 Å². The van der Waals surface area contributed by atoms with Crippen molar-refractivity contribution in [1.82, 2.24) is 0 Å². The monoisotopic (exact) mass is 568 g/mol. The predicted octanol–water partition coefficient (Wildman–Crippen LogP) is 7.75. The van der Waals surface area contributed by atoms with Crippen LogP contribution in [0.15, 0.2) is 59.2 Å². The molecule has 0 amide bonds. The number of hydrogen-bond donors (Lipinski definition) is 1. The summed E-state index contributed by atoms with van der Waals surface area (Å²) in [5, 5.41) is 13.8. The molecule has 1 aromatic carbocycles. The number of fused-ring (bicyclic) bond motifs is 1. The van der Waals surface area contributed by atoms with Gasteiger partial charge in [-0.15, -0.1) is 0 Å². The van der Waals surface area contributed by atoms with E-state index in [0.29, 0.717) is 31.2 Å². The molecule has 4 heteroatoms. The summed E-state index contributed by atoms with van der Waals surface area (Å²) in [5.41, 5.74) is -2.42. The zero-order chi connectivity index (χ0) is 30.8. The summed E-state index contributed by atoms with van der Waals surface area (Å²) in [6, 6.07) is 7.65. The topological polar surface area (TPSA) is 71.4 Å². The fraction of sp³-hybridized carbons (Fsp3) is 0.605. The minimum absolute atomic E-state index is 0.0236. The van der Waals surface area contributed by atoms with E-state index < -0.39 is 44.5 Å². The van der Waals surface area contributed by atoms with Gasteiger partial charge in [0.25, 0.3) is 0 Å². The van der Waals surface area contributed by atoms with Gasteiger partial charge < -0.3 is 5.11 Å². The van der Waals surface area contributed by atoms with E-state index in [9.17, 15) is 5.11 Å². The van der Waals surface area contributed by atoms with Crippen molar-refractivity contribution in [1.29, 1.82) is 0 Å². The summed E-state index contributed by atoms with van der Waals surface area (Å²) >= 11 is 0. The van der Waals surface area contributed by atoms with Crippen LogP contribution in [0.2, 0.25) is 0 Å². The highest BCUT2D eigenvalue weighted by molar-refractivity contribution is 6.30. The van der Waals surface area contributed by atoms with Crippen LogP contribution in [0.4, 0.5) is 0 Å². The van der Waals surface area contributed by atoms with Crippen molar-refractivity contribution >= 4 is 17.3 Å². The van der Waals surface area contributed by atoms with Gasteiger partial charge in [0.1, 0.15) is 11.0 Å². The Hall–Kier alpha value is -2.59. The summed E-state index contributed by atoms with van der Waals surface area (Å²) in [4.78, 5) is 46.3. The Labute approximate surface area is 251 Å². The Balaban J connectivity index is 1.75. The molecule has 5 saturated carbocycles. The molecule has 224 valence electrons. The molecule has 1 aromatic rings. The van der Waals surface area contributed by atoms with Gasteiger partial charge in [-0.1, -0.05) is 80.0 Å². The number of hydrogen-bond acceptors (Lipinski definition) is 4. The Morgan fingerprint density at radius 3 is 2.05 bits per heavy atom. The largest absolute Gasteiger partial charge is 0.387 e. The van der Waals surface area contributed by atoms with Gasteiger partial charge in [0, 0.05) is 11.0 Å². The van der Waals surface area contributed by atoms with Gasteiger partial charge in [0.15, 0.2) is 17.3 Å². The Bertz CT molecular complexity index is 1510. The number of ketones is 3. The third kappa shape index (κ3) is 2.87. The van der Waals surface area contributed by atoms with Crippen molar-refractivity contribution in [2.24, 2.45) is 39.4 Å². The second kappa shape index (κ2) is 8.74. The predicted molar refractivity (Wildman–Crippen MR) is 166 cm³/mol. The molecule has 0 saturated heterocycles. The van der Waals surface area contributed by atoms with E-state index in [1.165, 1.54) is 5.57 Å². The minimum atomic E-state index is -1.75. The first kappa shape index (κ1) is 29.5. The van der Waals surface area contributed by atoms with Crippen LogP contribution in [0.25, 0.3) is 0 Å². The summed E-state index contributed by atoms with van der Waals surface area (Å²) in [7, 11) is 0. The molecule has 6 aliphatic carbocycles. The summed E-state index contributed by atoms with van der Waals surface area (Å²) in [6.07, 6.45) is 8.87. The van der Waals surface area contributed by atoms with E-state index in [0.717, 1.165) is 23.1 Å². The number of carbonyl (C=O) groups excluding carboxylic acids is 3. The highest BCUT2D eigenvalue weighted by Gasteiger charge is 2.99. The first-order valence-electron chi connectivity index (χ1n) is 15.9. The molecule has 1 spiro atoms. The van der Waals surface area contributed by atoms with Crippen molar-refractivity contribution < 1.29 is 19.5 Å². The summed E-state index contributed by atoms with van der Waals surface area (Å²) in [6.45, 7) is 18.7. The van der Waals surface area contributed by atoms with Gasteiger partial charge in [-0.25, -0.2) is 0 Å². The standard InChI is InChI=1S/C38H48O4/c1-22(2)14-16-25-20-35-21-29-33(7,8)27-13-11-10-12-26(27)30(39)37(29)32(41)36(31(35)40,19-18-24(5)6)28(17-15-23(3)4)34(25,9)38(35,37)42/h10-15,18,25,28-29,42H,16-17,19-21H2,1-9H3/t25?,28?,29-,34?,35+,36?,37+,38-/m1/s1. The van der Waals surface area contributed by atoms with E-state index in [4.69, 9.17) is 0 Å². The van der Waals surface area contributed by atoms with Crippen molar-refractivity contribution in [2.45, 2.75) is 105 Å². The first-order chi connectivity index (χ1) is 19.5. The number of Topliss-reactive ketones (excluding diaryl/α,β-unsaturated/α-hetero) is 3. The zero-order valence-corrected chi connectivity index (χ0v) is 27.0. The number of allylic oxidation sites excluding steroid dienone is 6. The zero-order valence-electron chi connectivity index (χ0n) is 27.0. The minimum Gasteiger partial charge on any atom is -0.387 e. The smallest absolute Gasteiger partial charge is 0.180 e. The highest BCUT2D eigenvalue weighted by atomic mass is 16.3. The van der Waals surface area contributed by atoms with Crippen LogP contribution in [-0.2, 0) is 15.0 Å². The lowest BCUT2D eigenvalue weighted by Crippen LogP contribution is -2.85. The summed E-state index contributed by atoms with van der Waals surface area (Å²) in [5.74, 6) is -1.50. The quantitative estimate of drug-likeness (QED) is 0.281. The molecule has 0 radical (unpaired) electrons. The van der Waals surface area contributed by atoms with E-state index in [2.05, 4.69) is 46.8 Å². The molecule has 4 nitrogen and oxygen atoms in total. The van der Waals surface area contributed by atoms with Crippen molar-refractivity contribution in [3.05, 3.63) is 70.3 Å². The fourth-order valence-electron chi connectivity index (χ4n) is 11.4. The van der Waals surface area contributed by atoms with Gasteiger partial charge in [0.05, 0.1) is 10.8 Å². The Kier molecular flexibility index (Phi) is 6.14. The van der Waals surface area contributed by atoms with Crippen LogP contribution in [0.1, 0.15) is 110 Å². The molecular weight excluding hydrogens is 520 g/mol. The average molecular weight is 569 g/mol. The van der Waals surface area contributed by atoms with E-state index in [1.54, 1.807) is 0 Å². The molecule has 4 unspecified atom stereocenters. The Morgan fingerprint density at radius 1 is 0.833 bits per heavy atom. The lowest BCUT2D eigenvalue weighted by atomic mass is 9.30. The van der Waals surface area contributed by atoms with Crippen LogP contribution in [-0.4, -0.2) is 28.1 Å². The van der Waals surface area contributed by atoms with Gasteiger partial charge in [-0.2, -0.15) is 0 Å². The van der Waals surface area contributed by atoms with E-state index in [-0.39, 0.29) is 23.3 Å². The molecule has 5 bridgehead atoms. The number of aliphatic hydroxyl groups is 1. The van der Waals surface area contributed by atoms with Crippen LogP contribution in [0.3, 0.4) is 0 Å². The average Bonchev–Trinajstić information content (AvgIpc) is 3.24. The van der Waals surface area contributed by atoms with Gasteiger partial charge in [-0.05, 0) is 102 Å². The maximum absolute atomic E-state index is 15.7. The third-order valence-electron chi connectivity index (χ3n) is 13.0. The van der Waals surface area contributed by atoms with E-state index >= 15 is 14.4 Å². The fourth-order valence-corrected chi connectivity index (χ4v) is 11.4. The van der Waals surface area contributed by atoms with Crippen LogP contribution in [0.5, 0.6) is 0 Å². The van der Waals surface area contributed by atoms with Crippen LogP contribution < -0.4 is 0 Å². The first-order valence-corrected chi connectivity index (χ1v) is 15.9. The molecule has 0 aromatic heterocycles. The second-order valence-corrected chi connectivity index (χ2v) is 15.8. The summed E-state index contributed by atoms with van der Waals surface area (Å²) < 4.78 is 0. The van der Waals surface area contributed by atoms with Crippen LogP contribution >= 0.6 is 0 Å². The molecule has 6 aliphatic rings. The normalized spacial score (nSPS) is 41.8.